The molecular formula is C15H16N6OS. The Morgan fingerprint density at radius 3 is 3.09 bits per heavy atom. The second-order valence-corrected chi connectivity index (χ2v) is 6.51. The number of rotatable bonds is 3. The number of benzene rings is 1. The number of aromatic amines is 1. The van der Waals surface area contributed by atoms with Crippen molar-refractivity contribution in [2.45, 2.75) is 18.1 Å². The number of thioether (sulfide) groups is 1. The van der Waals surface area contributed by atoms with Crippen molar-refractivity contribution in [1.82, 2.24) is 30.1 Å². The highest BCUT2D eigenvalue weighted by atomic mass is 32.2. The second-order valence-electron chi connectivity index (χ2n) is 5.57. The van der Waals surface area contributed by atoms with Gasteiger partial charge >= 0.3 is 0 Å². The summed E-state index contributed by atoms with van der Waals surface area (Å²) in [5, 5.41) is 13.1. The van der Waals surface area contributed by atoms with Crippen molar-refractivity contribution >= 4 is 28.6 Å². The first-order chi connectivity index (χ1) is 11.2. The fourth-order valence-corrected chi connectivity index (χ4v) is 3.69. The SMILES string of the molecule is Cn1nnnc1SCC(=O)N1CCc2[nH]c3ccccc3c2C1. The predicted molar refractivity (Wildman–Crippen MR) is 86.9 cm³/mol. The third kappa shape index (κ3) is 2.59. The summed E-state index contributed by atoms with van der Waals surface area (Å²) in [5.41, 5.74) is 3.64. The van der Waals surface area contributed by atoms with Crippen LogP contribution in [-0.4, -0.2) is 48.3 Å². The average molecular weight is 328 g/mol. The van der Waals surface area contributed by atoms with E-state index in [4.69, 9.17) is 0 Å². The first-order valence-electron chi connectivity index (χ1n) is 7.44. The van der Waals surface area contributed by atoms with Gasteiger partial charge in [-0.2, -0.15) is 0 Å². The molecule has 0 saturated heterocycles. The smallest absolute Gasteiger partial charge is 0.233 e. The molecule has 8 heteroatoms. The van der Waals surface area contributed by atoms with E-state index in [1.807, 2.05) is 17.0 Å². The van der Waals surface area contributed by atoms with Crippen LogP contribution < -0.4 is 0 Å². The molecule has 1 amide bonds. The van der Waals surface area contributed by atoms with Crippen LogP contribution in [0.1, 0.15) is 11.3 Å². The lowest BCUT2D eigenvalue weighted by Crippen LogP contribution is -2.36. The van der Waals surface area contributed by atoms with Crippen molar-refractivity contribution in [2.75, 3.05) is 12.3 Å². The van der Waals surface area contributed by atoms with Crippen LogP contribution in [0, 0.1) is 0 Å². The van der Waals surface area contributed by atoms with E-state index < -0.39 is 0 Å². The number of carbonyl (C=O) groups excluding carboxylic acids is 1. The summed E-state index contributed by atoms with van der Waals surface area (Å²) in [6.07, 6.45) is 0.867. The number of para-hydroxylation sites is 1. The maximum absolute atomic E-state index is 12.5. The molecule has 0 fully saturated rings. The molecular weight excluding hydrogens is 312 g/mol. The number of aromatic nitrogens is 5. The van der Waals surface area contributed by atoms with E-state index in [1.165, 1.54) is 28.4 Å². The number of hydrogen-bond donors (Lipinski definition) is 1. The van der Waals surface area contributed by atoms with Gasteiger partial charge < -0.3 is 9.88 Å². The minimum Gasteiger partial charge on any atom is -0.358 e. The quantitative estimate of drug-likeness (QED) is 0.735. The molecule has 3 aromatic rings. The Bertz CT molecular complexity index is 870. The maximum Gasteiger partial charge on any atom is 0.233 e. The van der Waals surface area contributed by atoms with E-state index in [-0.39, 0.29) is 5.91 Å². The number of aryl methyl sites for hydroxylation is 1. The molecule has 7 nitrogen and oxygen atoms in total. The van der Waals surface area contributed by atoms with E-state index >= 15 is 0 Å². The summed E-state index contributed by atoms with van der Waals surface area (Å²) in [7, 11) is 1.77. The van der Waals surface area contributed by atoms with Crippen molar-refractivity contribution in [3.63, 3.8) is 0 Å². The number of hydrogen-bond acceptors (Lipinski definition) is 5. The lowest BCUT2D eigenvalue weighted by molar-refractivity contribution is -0.129. The van der Waals surface area contributed by atoms with E-state index in [9.17, 15) is 4.79 Å². The largest absolute Gasteiger partial charge is 0.358 e. The summed E-state index contributed by atoms with van der Waals surface area (Å²) >= 11 is 1.37. The highest BCUT2D eigenvalue weighted by Gasteiger charge is 2.24. The maximum atomic E-state index is 12.5. The number of nitrogens with one attached hydrogen (secondary N) is 1. The summed E-state index contributed by atoms with van der Waals surface area (Å²) in [6, 6.07) is 8.25. The number of carbonyl (C=O) groups is 1. The highest BCUT2D eigenvalue weighted by Crippen LogP contribution is 2.28. The van der Waals surface area contributed by atoms with Crippen molar-refractivity contribution < 1.29 is 4.79 Å². The van der Waals surface area contributed by atoms with Gasteiger partial charge in [-0.3, -0.25) is 4.79 Å². The molecule has 1 aliphatic heterocycles. The van der Waals surface area contributed by atoms with Crippen LogP contribution in [0.2, 0.25) is 0 Å². The lowest BCUT2D eigenvalue weighted by atomic mass is 10.0. The molecule has 1 aromatic carbocycles. The molecule has 4 rings (SSSR count). The number of tetrazole rings is 1. The number of amides is 1. The molecule has 0 atom stereocenters. The summed E-state index contributed by atoms with van der Waals surface area (Å²) in [4.78, 5) is 17.9. The van der Waals surface area contributed by atoms with Gasteiger partial charge in [0.1, 0.15) is 0 Å². The first kappa shape index (κ1) is 14.3. The van der Waals surface area contributed by atoms with Crippen LogP contribution in [0.5, 0.6) is 0 Å². The van der Waals surface area contributed by atoms with E-state index in [1.54, 1.807) is 11.7 Å². The Balaban J connectivity index is 1.49. The number of nitrogens with zero attached hydrogens (tertiary/aromatic N) is 5. The fraction of sp³-hybridized carbons (Fsp3) is 0.333. The Morgan fingerprint density at radius 2 is 2.26 bits per heavy atom. The number of H-pyrrole nitrogens is 1. The van der Waals surface area contributed by atoms with Gasteiger partial charge in [0.05, 0.1) is 5.75 Å². The molecule has 0 saturated carbocycles. The Labute approximate surface area is 137 Å². The van der Waals surface area contributed by atoms with Gasteiger partial charge in [0, 0.05) is 48.7 Å². The molecule has 3 heterocycles. The second kappa shape index (κ2) is 5.69. The minimum atomic E-state index is 0.119. The van der Waals surface area contributed by atoms with Crippen LogP contribution in [0.15, 0.2) is 29.4 Å². The van der Waals surface area contributed by atoms with Crippen LogP contribution in [0.4, 0.5) is 0 Å². The third-order valence-electron chi connectivity index (χ3n) is 4.14. The molecule has 0 radical (unpaired) electrons. The average Bonchev–Trinajstić information content (AvgIpc) is 3.15. The van der Waals surface area contributed by atoms with Gasteiger partial charge in [-0.1, -0.05) is 30.0 Å². The Hall–Kier alpha value is -2.35. The van der Waals surface area contributed by atoms with E-state index in [0.717, 1.165) is 18.5 Å². The zero-order valence-electron chi connectivity index (χ0n) is 12.7. The van der Waals surface area contributed by atoms with Crippen molar-refractivity contribution in [3.05, 3.63) is 35.5 Å². The lowest BCUT2D eigenvalue weighted by Gasteiger charge is -2.27. The minimum absolute atomic E-state index is 0.119. The van der Waals surface area contributed by atoms with Crippen LogP contribution in [0.3, 0.4) is 0 Å². The fourth-order valence-electron chi connectivity index (χ4n) is 2.94. The molecule has 0 unspecified atom stereocenters. The summed E-state index contributed by atoms with van der Waals surface area (Å²) in [5.74, 6) is 0.472. The van der Waals surface area contributed by atoms with Gasteiger partial charge in [-0.25, -0.2) is 4.68 Å². The van der Waals surface area contributed by atoms with Crippen molar-refractivity contribution in [1.29, 1.82) is 0 Å². The molecule has 118 valence electrons. The summed E-state index contributed by atoms with van der Waals surface area (Å²) < 4.78 is 1.58. The van der Waals surface area contributed by atoms with Crippen LogP contribution in [0.25, 0.3) is 10.9 Å². The molecule has 2 aromatic heterocycles. The van der Waals surface area contributed by atoms with E-state index in [0.29, 0.717) is 17.5 Å². The van der Waals surface area contributed by atoms with Gasteiger partial charge in [0.2, 0.25) is 11.1 Å². The molecule has 0 spiro atoms. The standard InChI is InChI=1S/C15H16N6OS/c1-20-15(17-18-19-20)23-9-14(22)21-7-6-13-11(8-21)10-4-2-3-5-12(10)16-13/h2-5,16H,6-9H2,1H3. The molecule has 0 bridgehead atoms. The molecule has 23 heavy (non-hydrogen) atoms. The highest BCUT2D eigenvalue weighted by molar-refractivity contribution is 7.99. The van der Waals surface area contributed by atoms with Crippen LogP contribution in [-0.2, 0) is 24.8 Å². The molecule has 1 aliphatic rings. The summed E-state index contributed by atoms with van der Waals surface area (Å²) in [6.45, 7) is 1.41. The topological polar surface area (TPSA) is 79.7 Å². The van der Waals surface area contributed by atoms with Gasteiger partial charge in [-0.05, 0) is 16.5 Å². The first-order valence-corrected chi connectivity index (χ1v) is 8.42. The van der Waals surface area contributed by atoms with E-state index in [2.05, 4.69) is 32.6 Å². The predicted octanol–water partition coefficient (Wildman–Crippen LogP) is 1.37. The zero-order valence-corrected chi connectivity index (χ0v) is 13.5. The van der Waals surface area contributed by atoms with Gasteiger partial charge in [0.25, 0.3) is 0 Å². The van der Waals surface area contributed by atoms with Gasteiger partial charge in [0.15, 0.2) is 0 Å². The van der Waals surface area contributed by atoms with Crippen molar-refractivity contribution in [3.8, 4) is 0 Å². The Morgan fingerprint density at radius 1 is 1.39 bits per heavy atom. The Kier molecular flexibility index (Phi) is 3.53. The van der Waals surface area contributed by atoms with Gasteiger partial charge in [-0.15, -0.1) is 5.10 Å². The molecule has 0 aliphatic carbocycles. The third-order valence-corrected chi connectivity index (χ3v) is 5.14. The monoisotopic (exact) mass is 328 g/mol. The normalized spacial score (nSPS) is 14.2. The van der Waals surface area contributed by atoms with Crippen LogP contribution >= 0.6 is 11.8 Å². The molecule has 1 N–H and O–H groups in total. The zero-order chi connectivity index (χ0) is 15.8. The number of fused-ring (bicyclic) bond motifs is 3. The van der Waals surface area contributed by atoms with Crippen molar-refractivity contribution in [2.24, 2.45) is 7.05 Å².